The monoisotopic (exact) mass is 377 g/mol. The Balaban J connectivity index is 1.52. The van der Waals surface area contributed by atoms with E-state index in [2.05, 4.69) is 41.4 Å². The number of carbonyl (C=O) groups is 1. The van der Waals surface area contributed by atoms with Gasteiger partial charge in [0.25, 0.3) is 0 Å². The van der Waals surface area contributed by atoms with Gasteiger partial charge in [-0.05, 0) is 74.4 Å². The van der Waals surface area contributed by atoms with Crippen molar-refractivity contribution in [2.75, 3.05) is 5.75 Å². The number of carbonyl (C=O) groups excluding carboxylic acids is 1. The van der Waals surface area contributed by atoms with Crippen LogP contribution in [0.4, 0.5) is 0 Å². The number of hydrogen-bond donors (Lipinski definition) is 0. The van der Waals surface area contributed by atoms with Crippen LogP contribution in [0.15, 0.2) is 47.6 Å². The fourth-order valence-electron chi connectivity index (χ4n) is 3.62. The first-order valence-corrected chi connectivity index (χ1v) is 10.4. The molecule has 0 bridgehead atoms. The highest BCUT2D eigenvalue weighted by Crippen LogP contribution is 2.25. The molecule has 0 fully saturated rings. The first kappa shape index (κ1) is 18.0. The zero-order valence-electron chi connectivity index (χ0n) is 15.7. The summed E-state index contributed by atoms with van der Waals surface area (Å²) in [4.78, 5) is 12.7. The van der Waals surface area contributed by atoms with E-state index in [0.717, 1.165) is 35.1 Å². The number of rotatable bonds is 5. The van der Waals surface area contributed by atoms with Gasteiger partial charge in [-0.15, -0.1) is 10.2 Å². The van der Waals surface area contributed by atoms with Crippen LogP contribution in [0.2, 0.25) is 0 Å². The van der Waals surface area contributed by atoms with E-state index in [1.54, 1.807) is 0 Å². The van der Waals surface area contributed by atoms with E-state index in [1.165, 1.54) is 41.3 Å². The lowest BCUT2D eigenvalue weighted by Gasteiger charge is -2.16. The van der Waals surface area contributed by atoms with E-state index >= 15 is 0 Å². The molecule has 0 aliphatic heterocycles. The summed E-state index contributed by atoms with van der Waals surface area (Å²) >= 11 is 1.45. The molecule has 0 unspecified atom stereocenters. The van der Waals surface area contributed by atoms with Crippen LogP contribution in [-0.4, -0.2) is 26.3 Å². The van der Waals surface area contributed by atoms with E-state index in [-0.39, 0.29) is 5.78 Å². The lowest BCUT2D eigenvalue weighted by molar-refractivity contribution is 0.102. The van der Waals surface area contributed by atoms with E-state index in [9.17, 15) is 4.79 Å². The van der Waals surface area contributed by atoms with Crippen molar-refractivity contribution in [2.24, 2.45) is 0 Å². The Morgan fingerprint density at radius 3 is 2.67 bits per heavy atom. The van der Waals surface area contributed by atoms with Gasteiger partial charge in [-0.1, -0.05) is 36.0 Å². The first-order chi connectivity index (χ1) is 13.1. The smallest absolute Gasteiger partial charge is 0.196 e. The minimum atomic E-state index is 0.143. The second kappa shape index (κ2) is 7.69. The fraction of sp³-hybridized carbons (Fsp3) is 0.318. The number of thioether (sulfide) groups is 1. The number of benzene rings is 2. The van der Waals surface area contributed by atoms with Crippen LogP contribution >= 0.6 is 11.8 Å². The Hall–Kier alpha value is -2.40. The van der Waals surface area contributed by atoms with Gasteiger partial charge in [-0.2, -0.15) is 0 Å². The van der Waals surface area contributed by atoms with Gasteiger partial charge >= 0.3 is 0 Å². The second-order valence-electron chi connectivity index (χ2n) is 7.11. The Bertz CT molecular complexity index is 993. The highest BCUT2D eigenvalue weighted by molar-refractivity contribution is 7.99. The summed E-state index contributed by atoms with van der Waals surface area (Å²) in [6.07, 6.45) is 4.70. The third kappa shape index (κ3) is 3.83. The third-order valence-electron chi connectivity index (χ3n) is 5.06. The van der Waals surface area contributed by atoms with E-state index in [0.29, 0.717) is 5.75 Å². The quantitative estimate of drug-likeness (QED) is 0.476. The summed E-state index contributed by atoms with van der Waals surface area (Å²) in [5.41, 5.74) is 5.76. The van der Waals surface area contributed by atoms with E-state index in [1.807, 2.05) is 29.7 Å². The molecule has 0 atom stereocenters. The highest BCUT2D eigenvalue weighted by atomic mass is 32.2. The molecular formula is C22H23N3OS. The minimum Gasteiger partial charge on any atom is -0.293 e. The van der Waals surface area contributed by atoms with Gasteiger partial charge in [0.15, 0.2) is 10.9 Å². The maximum Gasteiger partial charge on any atom is 0.196 e. The standard InChI is InChI=1S/C22H23N3OS/c1-15-6-5-9-20(12-15)25-16(2)23-24-22(25)27-14-21(26)19-11-10-17-7-3-4-8-18(17)13-19/h5-6,9-13H,3-4,7-8,14H2,1-2H3. The highest BCUT2D eigenvalue weighted by Gasteiger charge is 2.16. The van der Waals surface area contributed by atoms with Crippen LogP contribution in [0.5, 0.6) is 0 Å². The lowest BCUT2D eigenvalue weighted by atomic mass is 9.90. The van der Waals surface area contributed by atoms with Crippen LogP contribution in [0.3, 0.4) is 0 Å². The average molecular weight is 378 g/mol. The van der Waals surface area contributed by atoms with E-state index < -0.39 is 0 Å². The van der Waals surface area contributed by atoms with Gasteiger partial charge in [0.1, 0.15) is 5.82 Å². The van der Waals surface area contributed by atoms with Crippen molar-refractivity contribution >= 4 is 17.5 Å². The number of ketones is 1. The lowest BCUT2D eigenvalue weighted by Crippen LogP contribution is -2.08. The molecule has 138 valence electrons. The molecule has 0 N–H and O–H groups in total. The summed E-state index contributed by atoms with van der Waals surface area (Å²) in [6.45, 7) is 4.00. The Morgan fingerprint density at radius 1 is 1.04 bits per heavy atom. The molecule has 1 aliphatic rings. The summed E-state index contributed by atoms with van der Waals surface area (Å²) in [5.74, 6) is 1.33. The van der Waals surface area contributed by atoms with Gasteiger partial charge in [-0.3, -0.25) is 9.36 Å². The van der Waals surface area contributed by atoms with Gasteiger partial charge in [-0.25, -0.2) is 0 Å². The van der Waals surface area contributed by atoms with Crippen molar-refractivity contribution in [1.29, 1.82) is 0 Å². The number of nitrogens with zero attached hydrogens (tertiary/aromatic N) is 3. The predicted octanol–water partition coefficient (Wildman–Crippen LogP) is 4.74. The molecule has 1 heterocycles. The van der Waals surface area contributed by atoms with Gasteiger partial charge in [0.2, 0.25) is 0 Å². The minimum absolute atomic E-state index is 0.143. The molecule has 4 rings (SSSR count). The van der Waals surface area contributed by atoms with Gasteiger partial charge in [0.05, 0.1) is 5.75 Å². The number of aromatic nitrogens is 3. The molecule has 5 heteroatoms. The maximum atomic E-state index is 12.7. The number of fused-ring (bicyclic) bond motifs is 1. The van der Waals surface area contributed by atoms with Crippen molar-refractivity contribution < 1.29 is 4.79 Å². The summed E-state index contributed by atoms with van der Waals surface area (Å²) < 4.78 is 2.01. The predicted molar refractivity (Wildman–Crippen MR) is 109 cm³/mol. The molecule has 1 aromatic heterocycles. The molecule has 0 saturated carbocycles. The summed E-state index contributed by atoms with van der Waals surface area (Å²) in [6, 6.07) is 14.4. The van der Waals surface area contributed by atoms with Crippen LogP contribution in [0.25, 0.3) is 5.69 Å². The average Bonchev–Trinajstić information content (AvgIpc) is 3.06. The van der Waals surface area contributed by atoms with Crippen LogP contribution in [0.1, 0.15) is 45.7 Å². The van der Waals surface area contributed by atoms with Gasteiger partial charge < -0.3 is 0 Å². The Kier molecular flexibility index (Phi) is 5.12. The molecule has 2 aromatic carbocycles. The van der Waals surface area contributed by atoms with Crippen molar-refractivity contribution in [1.82, 2.24) is 14.8 Å². The topological polar surface area (TPSA) is 47.8 Å². The molecular weight excluding hydrogens is 354 g/mol. The third-order valence-corrected chi connectivity index (χ3v) is 5.99. The zero-order valence-corrected chi connectivity index (χ0v) is 16.6. The second-order valence-corrected chi connectivity index (χ2v) is 8.05. The Morgan fingerprint density at radius 2 is 1.85 bits per heavy atom. The van der Waals surface area contributed by atoms with Crippen molar-refractivity contribution in [3.8, 4) is 5.69 Å². The van der Waals surface area contributed by atoms with Crippen LogP contribution in [0, 0.1) is 13.8 Å². The molecule has 0 amide bonds. The summed E-state index contributed by atoms with van der Waals surface area (Å²) in [7, 11) is 0. The van der Waals surface area contributed by atoms with Crippen molar-refractivity contribution in [3.63, 3.8) is 0 Å². The molecule has 0 saturated heterocycles. The first-order valence-electron chi connectivity index (χ1n) is 9.39. The maximum absolute atomic E-state index is 12.7. The number of hydrogen-bond acceptors (Lipinski definition) is 4. The molecule has 0 radical (unpaired) electrons. The molecule has 27 heavy (non-hydrogen) atoms. The Labute approximate surface area is 164 Å². The van der Waals surface area contributed by atoms with Gasteiger partial charge in [0, 0.05) is 11.3 Å². The van der Waals surface area contributed by atoms with E-state index in [4.69, 9.17) is 0 Å². The zero-order chi connectivity index (χ0) is 18.8. The van der Waals surface area contributed by atoms with Crippen LogP contribution in [-0.2, 0) is 12.8 Å². The number of aryl methyl sites for hydroxylation is 4. The van der Waals surface area contributed by atoms with Crippen molar-refractivity contribution in [3.05, 3.63) is 70.5 Å². The van der Waals surface area contributed by atoms with Crippen molar-refractivity contribution in [2.45, 2.75) is 44.7 Å². The van der Waals surface area contributed by atoms with Crippen LogP contribution < -0.4 is 0 Å². The molecule has 1 aliphatic carbocycles. The molecule has 4 nitrogen and oxygen atoms in total. The molecule has 3 aromatic rings. The largest absolute Gasteiger partial charge is 0.293 e. The normalized spacial score (nSPS) is 13.4. The SMILES string of the molecule is Cc1cccc(-n2c(C)nnc2SCC(=O)c2ccc3c(c2)CCCC3)c1. The molecule has 0 spiro atoms. The summed E-state index contributed by atoms with van der Waals surface area (Å²) in [5, 5.41) is 9.25. The fourth-order valence-corrected chi connectivity index (χ4v) is 4.51. The number of Topliss-reactive ketones (excluding diaryl/α,β-unsaturated/α-hetero) is 1.